The lowest BCUT2D eigenvalue weighted by molar-refractivity contribution is 0.309. The Labute approximate surface area is 122 Å². The summed E-state index contributed by atoms with van der Waals surface area (Å²) in [7, 11) is 2.18. The van der Waals surface area contributed by atoms with E-state index in [4.69, 9.17) is 18.0 Å². The summed E-state index contributed by atoms with van der Waals surface area (Å²) in [5.41, 5.74) is 8.02. The summed E-state index contributed by atoms with van der Waals surface area (Å²) >= 11 is 5.17. The van der Waals surface area contributed by atoms with Gasteiger partial charge in [0.25, 0.3) is 0 Å². The zero-order valence-electron chi connectivity index (χ0n) is 11.9. The summed E-state index contributed by atoms with van der Waals surface area (Å²) in [4.78, 5) is 2.88. The highest BCUT2D eigenvalue weighted by Crippen LogP contribution is 2.32. The van der Waals surface area contributed by atoms with Gasteiger partial charge in [0.2, 0.25) is 0 Å². The van der Waals surface area contributed by atoms with Gasteiger partial charge in [0.15, 0.2) is 0 Å². The van der Waals surface area contributed by atoms with E-state index in [1.807, 2.05) is 12.1 Å². The van der Waals surface area contributed by atoms with Crippen LogP contribution in [0.15, 0.2) is 24.3 Å². The lowest BCUT2D eigenvalue weighted by Crippen LogP contribution is -2.37. The molecule has 2 rings (SSSR count). The van der Waals surface area contributed by atoms with E-state index in [1.54, 1.807) is 0 Å². The molecule has 19 heavy (non-hydrogen) atoms. The highest BCUT2D eigenvalue weighted by Gasteiger charge is 2.25. The van der Waals surface area contributed by atoms with Crippen LogP contribution in [-0.2, 0) is 0 Å². The van der Waals surface area contributed by atoms with Gasteiger partial charge in [0, 0.05) is 24.3 Å². The van der Waals surface area contributed by atoms with Gasteiger partial charge in [0.05, 0.1) is 0 Å². The third-order valence-electron chi connectivity index (χ3n) is 4.43. The molecule has 1 aliphatic carbocycles. The molecule has 1 saturated carbocycles. The van der Waals surface area contributed by atoms with Gasteiger partial charge in [-0.3, -0.25) is 0 Å². The van der Waals surface area contributed by atoms with Crippen LogP contribution in [0.3, 0.4) is 0 Å². The van der Waals surface area contributed by atoms with Crippen LogP contribution in [0.2, 0.25) is 0 Å². The van der Waals surface area contributed by atoms with Crippen LogP contribution in [0.1, 0.15) is 44.6 Å². The molecule has 0 aliphatic heterocycles. The number of para-hydroxylation sites is 1. The minimum absolute atomic E-state index is 0.491. The van der Waals surface area contributed by atoms with E-state index < -0.39 is 0 Å². The van der Waals surface area contributed by atoms with Crippen molar-refractivity contribution in [3.63, 3.8) is 0 Å². The fraction of sp³-hybridized carbons (Fsp3) is 0.562. The molecule has 1 fully saturated rings. The molecular formula is C16H24N2S. The van der Waals surface area contributed by atoms with Gasteiger partial charge in [-0.15, -0.1) is 0 Å². The first kappa shape index (κ1) is 14.3. The third kappa shape index (κ3) is 3.27. The van der Waals surface area contributed by atoms with Crippen molar-refractivity contribution in [3.05, 3.63) is 29.8 Å². The molecule has 0 amide bonds. The third-order valence-corrected chi connectivity index (χ3v) is 4.65. The Hall–Kier alpha value is -1.09. The molecule has 0 bridgehead atoms. The van der Waals surface area contributed by atoms with E-state index in [0.717, 1.165) is 11.5 Å². The SMILES string of the molecule is CCC1CCCC(N(C)c2ccccc2C(N)=S)C1. The van der Waals surface area contributed by atoms with E-state index in [1.165, 1.54) is 37.8 Å². The van der Waals surface area contributed by atoms with Gasteiger partial charge >= 0.3 is 0 Å². The summed E-state index contributed by atoms with van der Waals surface area (Å²) in [5.74, 6) is 0.873. The van der Waals surface area contributed by atoms with Gasteiger partial charge in [-0.1, -0.05) is 50.5 Å². The summed E-state index contributed by atoms with van der Waals surface area (Å²) < 4.78 is 0. The Bertz CT molecular complexity index is 444. The number of hydrogen-bond donors (Lipinski definition) is 1. The first-order valence-corrected chi connectivity index (χ1v) is 7.66. The number of thiocarbonyl (C=S) groups is 1. The van der Waals surface area contributed by atoms with Gasteiger partial charge in [-0.05, 0) is 30.9 Å². The second-order valence-electron chi connectivity index (χ2n) is 5.59. The molecule has 2 unspecified atom stereocenters. The maximum atomic E-state index is 5.84. The number of nitrogens with two attached hydrogens (primary N) is 1. The molecule has 2 nitrogen and oxygen atoms in total. The molecule has 2 atom stereocenters. The molecule has 3 heteroatoms. The lowest BCUT2D eigenvalue weighted by Gasteiger charge is -2.37. The van der Waals surface area contributed by atoms with Crippen LogP contribution in [0.5, 0.6) is 0 Å². The Balaban J connectivity index is 2.19. The highest BCUT2D eigenvalue weighted by molar-refractivity contribution is 7.80. The molecule has 0 saturated heterocycles. The maximum Gasteiger partial charge on any atom is 0.106 e. The predicted molar refractivity (Wildman–Crippen MR) is 86.8 cm³/mol. The molecule has 2 N–H and O–H groups in total. The Morgan fingerprint density at radius 2 is 2.11 bits per heavy atom. The molecule has 0 radical (unpaired) electrons. The number of anilines is 1. The van der Waals surface area contributed by atoms with Crippen molar-refractivity contribution in [3.8, 4) is 0 Å². The summed E-state index contributed by atoms with van der Waals surface area (Å²) in [6, 6.07) is 8.84. The van der Waals surface area contributed by atoms with Crippen molar-refractivity contribution in [2.24, 2.45) is 11.7 Å². The van der Waals surface area contributed by atoms with Crippen molar-refractivity contribution in [2.45, 2.75) is 45.1 Å². The first-order chi connectivity index (χ1) is 9.13. The normalized spacial score (nSPS) is 23.1. The van der Waals surface area contributed by atoms with Crippen molar-refractivity contribution < 1.29 is 0 Å². The average molecular weight is 276 g/mol. The van der Waals surface area contributed by atoms with Crippen molar-refractivity contribution in [2.75, 3.05) is 11.9 Å². The zero-order chi connectivity index (χ0) is 13.8. The number of benzene rings is 1. The number of hydrogen-bond acceptors (Lipinski definition) is 2. The molecule has 1 aliphatic rings. The van der Waals surface area contributed by atoms with Gasteiger partial charge in [0.1, 0.15) is 4.99 Å². The second-order valence-corrected chi connectivity index (χ2v) is 6.03. The number of nitrogens with zero attached hydrogens (tertiary/aromatic N) is 1. The second kappa shape index (κ2) is 6.38. The highest BCUT2D eigenvalue weighted by atomic mass is 32.1. The fourth-order valence-electron chi connectivity index (χ4n) is 3.17. The van der Waals surface area contributed by atoms with Crippen molar-refractivity contribution >= 4 is 22.9 Å². The molecule has 1 aromatic rings. The smallest absolute Gasteiger partial charge is 0.106 e. The van der Waals surface area contributed by atoms with Crippen LogP contribution in [-0.4, -0.2) is 18.1 Å². The summed E-state index contributed by atoms with van der Waals surface area (Å²) in [6.45, 7) is 2.30. The average Bonchev–Trinajstić information content (AvgIpc) is 2.46. The molecule has 104 valence electrons. The fourth-order valence-corrected chi connectivity index (χ4v) is 3.34. The van der Waals surface area contributed by atoms with E-state index >= 15 is 0 Å². The molecule has 0 spiro atoms. The van der Waals surface area contributed by atoms with Gasteiger partial charge in [-0.25, -0.2) is 0 Å². The van der Waals surface area contributed by atoms with Crippen molar-refractivity contribution in [1.82, 2.24) is 0 Å². The predicted octanol–water partition coefficient (Wildman–Crippen LogP) is 3.73. The minimum Gasteiger partial charge on any atom is -0.389 e. The monoisotopic (exact) mass is 276 g/mol. The molecular weight excluding hydrogens is 252 g/mol. The molecule has 1 aromatic carbocycles. The van der Waals surface area contributed by atoms with Crippen LogP contribution in [0, 0.1) is 5.92 Å². The molecule has 0 aromatic heterocycles. The lowest BCUT2D eigenvalue weighted by atomic mass is 9.83. The quantitative estimate of drug-likeness (QED) is 0.850. The van der Waals surface area contributed by atoms with Gasteiger partial charge < -0.3 is 10.6 Å². The Morgan fingerprint density at radius 1 is 1.37 bits per heavy atom. The Morgan fingerprint density at radius 3 is 2.79 bits per heavy atom. The number of rotatable bonds is 4. The van der Waals surface area contributed by atoms with Crippen LogP contribution in [0.25, 0.3) is 0 Å². The summed E-state index contributed by atoms with van der Waals surface area (Å²) in [5, 5.41) is 0. The van der Waals surface area contributed by atoms with E-state index in [-0.39, 0.29) is 0 Å². The zero-order valence-corrected chi connectivity index (χ0v) is 12.7. The first-order valence-electron chi connectivity index (χ1n) is 7.25. The van der Waals surface area contributed by atoms with E-state index in [2.05, 4.69) is 31.0 Å². The van der Waals surface area contributed by atoms with Gasteiger partial charge in [-0.2, -0.15) is 0 Å². The minimum atomic E-state index is 0.491. The molecule has 0 heterocycles. The van der Waals surface area contributed by atoms with E-state index in [9.17, 15) is 0 Å². The summed E-state index contributed by atoms with van der Waals surface area (Å²) in [6.07, 6.45) is 6.58. The van der Waals surface area contributed by atoms with Crippen molar-refractivity contribution in [1.29, 1.82) is 0 Å². The van der Waals surface area contributed by atoms with E-state index in [0.29, 0.717) is 11.0 Å². The maximum absolute atomic E-state index is 5.84. The topological polar surface area (TPSA) is 29.3 Å². The largest absolute Gasteiger partial charge is 0.389 e. The Kier molecular flexibility index (Phi) is 4.81. The van der Waals surface area contributed by atoms with Crippen LogP contribution < -0.4 is 10.6 Å². The van der Waals surface area contributed by atoms with Crippen LogP contribution >= 0.6 is 12.2 Å². The standard InChI is InChI=1S/C16H24N2S/c1-3-12-7-6-8-13(11-12)18(2)15-10-5-4-9-14(15)16(17)19/h4-5,9-10,12-13H,3,6-8,11H2,1-2H3,(H2,17,19). The van der Waals surface area contributed by atoms with Crippen LogP contribution in [0.4, 0.5) is 5.69 Å².